The van der Waals surface area contributed by atoms with Gasteiger partial charge < -0.3 is 0 Å². The molecule has 0 bridgehead atoms. The predicted molar refractivity (Wildman–Crippen MR) is 67.0 cm³/mol. The third kappa shape index (κ3) is 3.91. The summed E-state index contributed by atoms with van der Waals surface area (Å²) in [4.78, 5) is 0. The van der Waals surface area contributed by atoms with Gasteiger partial charge in [0.05, 0.1) is 0 Å². The molecule has 1 aromatic rings. The molecule has 0 amide bonds. The minimum Gasteiger partial charge on any atom is -0.0845 e. The monoisotopic (exact) mass is 201 g/mol. The van der Waals surface area contributed by atoms with Crippen molar-refractivity contribution in [2.45, 2.75) is 46.0 Å². The molecule has 0 N–H and O–H groups in total. The van der Waals surface area contributed by atoms with Crippen LogP contribution in [0.25, 0.3) is 0 Å². The summed E-state index contributed by atoms with van der Waals surface area (Å²) in [5.74, 6) is 0. The summed E-state index contributed by atoms with van der Waals surface area (Å²) in [6.45, 7) is 9.75. The molecule has 1 rings (SSSR count). The fourth-order valence-electron chi connectivity index (χ4n) is 1.98. The Morgan fingerprint density at radius 3 is 2.33 bits per heavy atom. The van der Waals surface area contributed by atoms with Crippen LogP contribution in [0.1, 0.15) is 42.4 Å². The Hall–Kier alpha value is -1.04. The number of allylic oxidation sites excluding steroid dienone is 1. The van der Waals surface area contributed by atoms with Crippen LogP contribution in [0.3, 0.4) is 0 Å². The Bertz CT molecular complexity index is 290. The Balaban J connectivity index is 2.40. The van der Waals surface area contributed by atoms with Crippen molar-refractivity contribution in [2.24, 2.45) is 0 Å². The molecule has 1 radical (unpaired) electrons. The van der Waals surface area contributed by atoms with Crippen LogP contribution in [0.4, 0.5) is 0 Å². The topological polar surface area (TPSA) is 0 Å². The van der Waals surface area contributed by atoms with Crippen molar-refractivity contribution < 1.29 is 0 Å². The van der Waals surface area contributed by atoms with E-state index in [1.807, 2.05) is 0 Å². The van der Waals surface area contributed by atoms with Crippen LogP contribution in [-0.2, 0) is 6.42 Å². The molecule has 0 spiro atoms. The highest BCUT2D eigenvalue weighted by Crippen LogP contribution is 2.16. The van der Waals surface area contributed by atoms with Crippen molar-refractivity contribution in [1.82, 2.24) is 0 Å². The Morgan fingerprint density at radius 2 is 1.73 bits per heavy atom. The van der Waals surface area contributed by atoms with Crippen molar-refractivity contribution in [3.63, 3.8) is 0 Å². The Morgan fingerprint density at radius 1 is 1.07 bits per heavy atom. The van der Waals surface area contributed by atoms with Crippen molar-refractivity contribution in [3.05, 3.63) is 47.5 Å². The molecule has 0 unspecified atom stereocenters. The van der Waals surface area contributed by atoms with Gasteiger partial charge in [0.15, 0.2) is 0 Å². The van der Waals surface area contributed by atoms with E-state index >= 15 is 0 Å². The number of benzene rings is 1. The summed E-state index contributed by atoms with van der Waals surface area (Å²) < 4.78 is 0. The highest BCUT2D eigenvalue weighted by molar-refractivity contribution is 5.33. The molecule has 0 nitrogen and oxygen atoms in total. The van der Waals surface area contributed by atoms with Gasteiger partial charge in [-0.1, -0.05) is 37.3 Å². The highest BCUT2D eigenvalue weighted by atomic mass is 14.1. The third-order valence-corrected chi connectivity index (χ3v) is 2.94. The summed E-state index contributed by atoms with van der Waals surface area (Å²) in [5, 5.41) is 0. The second-order valence-corrected chi connectivity index (χ2v) is 4.21. The first-order valence-electron chi connectivity index (χ1n) is 5.84. The summed E-state index contributed by atoms with van der Waals surface area (Å²) >= 11 is 0. The van der Waals surface area contributed by atoms with Gasteiger partial charge in [0.25, 0.3) is 0 Å². The summed E-state index contributed by atoms with van der Waals surface area (Å²) in [6.07, 6.45) is 7.80. The van der Waals surface area contributed by atoms with Gasteiger partial charge in [-0.05, 0) is 56.2 Å². The first kappa shape index (κ1) is 12.0. The van der Waals surface area contributed by atoms with Crippen LogP contribution in [-0.4, -0.2) is 0 Å². The lowest BCUT2D eigenvalue weighted by Gasteiger charge is -2.08. The van der Waals surface area contributed by atoms with E-state index in [9.17, 15) is 0 Å². The predicted octanol–water partition coefficient (Wildman–Crippen LogP) is 4.40. The Kier molecular flexibility index (Phi) is 5.17. The third-order valence-electron chi connectivity index (χ3n) is 2.94. The molecular weight excluding hydrogens is 180 g/mol. The minimum atomic E-state index is 1.05. The lowest BCUT2D eigenvalue weighted by atomic mass is 9.97. The zero-order valence-corrected chi connectivity index (χ0v) is 9.92. The van der Waals surface area contributed by atoms with Crippen LogP contribution < -0.4 is 0 Å². The molecule has 0 saturated heterocycles. The number of hydrogen-bond acceptors (Lipinski definition) is 0. The molecular formula is C15H21. The number of hydrogen-bond donors (Lipinski definition) is 0. The SMILES string of the molecule is [CH]=CCCCCCc1c(C)cccc1C. The van der Waals surface area contributed by atoms with Crippen LogP contribution in [0.5, 0.6) is 0 Å². The van der Waals surface area contributed by atoms with E-state index in [4.69, 9.17) is 6.58 Å². The van der Waals surface area contributed by atoms with Crippen molar-refractivity contribution in [3.8, 4) is 0 Å². The molecule has 15 heavy (non-hydrogen) atoms. The zero-order valence-electron chi connectivity index (χ0n) is 9.92. The van der Waals surface area contributed by atoms with Gasteiger partial charge in [-0.15, -0.1) is 0 Å². The molecule has 0 aliphatic rings. The second kappa shape index (κ2) is 6.44. The van der Waals surface area contributed by atoms with Gasteiger partial charge in [-0.25, -0.2) is 0 Å². The lowest BCUT2D eigenvalue weighted by Crippen LogP contribution is -1.93. The molecule has 1 aromatic carbocycles. The average molecular weight is 201 g/mol. The zero-order chi connectivity index (χ0) is 11.1. The van der Waals surface area contributed by atoms with Crippen LogP contribution in [0.2, 0.25) is 0 Å². The standard InChI is InChI=1S/C15H21/c1-4-5-6-7-8-12-15-13(2)10-9-11-14(15)3/h1,4,9-11H,5-8,12H2,2-3H3. The highest BCUT2D eigenvalue weighted by Gasteiger charge is 2.00. The maximum atomic E-state index is 5.35. The summed E-state index contributed by atoms with van der Waals surface area (Å²) in [5.41, 5.74) is 4.40. The molecule has 0 atom stereocenters. The lowest BCUT2D eigenvalue weighted by molar-refractivity contribution is 0.684. The van der Waals surface area contributed by atoms with Gasteiger partial charge >= 0.3 is 0 Å². The van der Waals surface area contributed by atoms with Crippen LogP contribution in [0.15, 0.2) is 24.3 Å². The second-order valence-electron chi connectivity index (χ2n) is 4.21. The number of rotatable bonds is 6. The first-order chi connectivity index (χ1) is 7.25. The molecule has 0 fully saturated rings. The number of aryl methyl sites for hydroxylation is 2. The molecule has 0 saturated carbocycles. The van der Waals surface area contributed by atoms with Gasteiger partial charge in [-0.3, -0.25) is 0 Å². The van der Waals surface area contributed by atoms with Crippen LogP contribution >= 0.6 is 0 Å². The summed E-state index contributed by atoms with van der Waals surface area (Å²) in [7, 11) is 0. The van der Waals surface area contributed by atoms with Gasteiger partial charge in [0, 0.05) is 0 Å². The molecule has 0 aliphatic carbocycles. The largest absolute Gasteiger partial charge is 0.0845 e. The molecule has 0 aliphatic heterocycles. The van der Waals surface area contributed by atoms with E-state index in [2.05, 4.69) is 32.0 Å². The fraction of sp³-hybridized carbons (Fsp3) is 0.467. The van der Waals surface area contributed by atoms with Gasteiger partial charge in [0.1, 0.15) is 0 Å². The first-order valence-corrected chi connectivity index (χ1v) is 5.84. The van der Waals surface area contributed by atoms with E-state index in [0.29, 0.717) is 0 Å². The Labute approximate surface area is 94.0 Å². The molecule has 0 heteroatoms. The average Bonchev–Trinajstić information content (AvgIpc) is 2.21. The van der Waals surface area contributed by atoms with E-state index in [-0.39, 0.29) is 0 Å². The van der Waals surface area contributed by atoms with Gasteiger partial charge in [0.2, 0.25) is 0 Å². The van der Waals surface area contributed by atoms with E-state index in [1.54, 1.807) is 6.08 Å². The normalized spacial score (nSPS) is 10.3. The quantitative estimate of drug-likeness (QED) is 0.599. The van der Waals surface area contributed by atoms with Crippen molar-refractivity contribution in [2.75, 3.05) is 0 Å². The van der Waals surface area contributed by atoms with E-state index < -0.39 is 0 Å². The number of unbranched alkanes of at least 4 members (excludes halogenated alkanes) is 3. The maximum Gasteiger partial charge on any atom is -0.0274 e. The van der Waals surface area contributed by atoms with Crippen molar-refractivity contribution >= 4 is 0 Å². The molecule has 0 aromatic heterocycles. The smallest absolute Gasteiger partial charge is 0.0274 e. The van der Waals surface area contributed by atoms with Gasteiger partial charge in [-0.2, -0.15) is 0 Å². The van der Waals surface area contributed by atoms with Crippen molar-refractivity contribution in [1.29, 1.82) is 0 Å². The fourth-order valence-corrected chi connectivity index (χ4v) is 1.98. The molecule has 0 heterocycles. The summed E-state index contributed by atoms with van der Waals surface area (Å²) in [6, 6.07) is 6.55. The minimum absolute atomic E-state index is 1.05. The van der Waals surface area contributed by atoms with E-state index in [1.165, 1.54) is 42.4 Å². The maximum absolute atomic E-state index is 5.35. The molecule has 81 valence electrons. The van der Waals surface area contributed by atoms with E-state index in [0.717, 1.165) is 6.42 Å². The van der Waals surface area contributed by atoms with Crippen LogP contribution in [0, 0.1) is 20.4 Å².